The molecule has 2 nitrogen and oxygen atoms in total. The summed E-state index contributed by atoms with van der Waals surface area (Å²) in [5, 5.41) is 0. The lowest BCUT2D eigenvalue weighted by atomic mass is 10.1. The summed E-state index contributed by atoms with van der Waals surface area (Å²) in [6, 6.07) is 2.77. The molecule has 176 valence electrons. The van der Waals surface area contributed by atoms with Crippen LogP contribution >= 0.6 is 0 Å². The van der Waals surface area contributed by atoms with E-state index in [1.807, 2.05) is 0 Å². The second-order valence-corrected chi connectivity index (χ2v) is 15.0. The smallest absolute Gasteiger partial charge is 0.190 e. The van der Waals surface area contributed by atoms with E-state index in [1.54, 1.807) is 0 Å². The Hall–Kier alpha value is 0.137. The molecule has 0 spiro atoms. The molecule has 0 radical (unpaired) electrons. The number of hydrogen-bond acceptors (Lipinski definition) is 1. The highest BCUT2D eigenvalue weighted by Crippen LogP contribution is 2.25. The zero-order valence-corrected chi connectivity index (χ0v) is 22.5. The van der Waals surface area contributed by atoms with Gasteiger partial charge in [-0.3, -0.25) is 0 Å². The van der Waals surface area contributed by atoms with Gasteiger partial charge >= 0.3 is 0 Å². The number of likely N-dealkylation sites (N-methyl/N-ethyl adjacent to an activating group) is 1. The summed E-state index contributed by atoms with van der Waals surface area (Å²) in [5.74, 6) is 0. The lowest BCUT2D eigenvalue weighted by molar-refractivity contribution is -0.870. The first-order valence-corrected chi connectivity index (χ1v) is 16.1. The molecule has 0 bridgehead atoms. The number of hydrogen-bond donors (Lipinski definition) is 0. The molecule has 29 heavy (non-hydrogen) atoms. The van der Waals surface area contributed by atoms with Crippen LogP contribution in [0, 0.1) is 0 Å². The van der Waals surface area contributed by atoms with Crippen molar-refractivity contribution in [2.24, 2.45) is 0 Å². The molecule has 0 saturated heterocycles. The molecule has 0 rings (SSSR count). The number of quaternary nitrogens is 1. The molecular weight excluding hydrogens is 370 g/mol. The molecule has 0 saturated carbocycles. The SMILES string of the molecule is CCCCCCCCCC[Si](C)(CCCCCCCCCC)OCC[N+](C)(C)C. The predicted octanol–water partition coefficient (Wildman–Crippen LogP) is 8.57. The third-order valence-electron chi connectivity index (χ3n) is 6.33. The average Bonchev–Trinajstić information content (AvgIpc) is 2.65. The molecule has 0 fully saturated rings. The van der Waals surface area contributed by atoms with Crippen molar-refractivity contribution in [1.29, 1.82) is 0 Å². The van der Waals surface area contributed by atoms with Gasteiger partial charge in [-0.05, 0) is 18.6 Å². The van der Waals surface area contributed by atoms with Gasteiger partial charge in [0.15, 0.2) is 8.32 Å². The summed E-state index contributed by atoms with van der Waals surface area (Å²) in [6.07, 6.45) is 22.7. The van der Waals surface area contributed by atoms with Gasteiger partial charge in [0.1, 0.15) is 6.54 Å². The molecule has 0 aromatic carbocycles. The Balaban J connectivity index is 4.08. The van der Waals surface area contributed by atoms with E-state index in [1.165, 1.54) is 115 Å². The molecule has 0 aliphatic heterocycles. The van der Waals surface area contributed by atoms with Crippen LogP contribution in [0.25, 0.3) is 0 Å². The maximum absolute atomic E-state index is 6.65. The normalized spacial score (nSPS) is 12.6. The van der Waals surface area contributed by atoms with Crippen LogP contribution < -0.4 is 0 Å². The van der Waals surface area contributed by atoms with E-state index in [-0.39, 0.29) is 0 Å². The van der Waals surface area contributed by atoms with Crippen molar-refractivity contribution in [3.05, 3.63) is 0 Å². The molecule has 0 aromatic heterocycles. The van der Waals surface area contributed by atoms with Crippen LogP contribution in [-0.2, 0) is 4.43 Å². The van der Waals surface area contributed by atoms with Crippen molar-refractivity contribution >= 4 is 8.32 Å². The van der Waals surface area contributed by atoms with Crippen LogP contribution in [0.15, 0.2) is 0 Å². The highest BCUT2D eigenvalue weighted by Gasteiger charge is 2.28. The van der Waals surface area contributed by atoms with Crippen LogP contribution in [0.1, 0.15) is 117 Å². The van der Waals surface area contributed by atoms with Gasteiger partial charge in [0.05, 0.1) is 27.7 Å². The van der Waals surface area contributed by atoms with Gasteiger partial charge in [-0.2, -0.15) is 0 Å². The van der Waals surface area contributed by atoms with E-state index in [2.05, 4.69) is 41.5 Å². The van der Waals surface area contributed by atoms with Crippen LogP contribution in [0.3, 0.4) is 0 Å². The van der Waals surface area contributed by atoms with Crippen molar-refractivity contribution < 1.29 is 8.91 Å². The Kier molecular flexibility index (Phi) is 19.0. The quantitative estimate of drug-likeness (QED) is 0.0952. The molecule has 0 heterocycles. The molecule has 0 unspecified atom stereocenters. The van der Waals surface area contributed by atoms with Crippen LogP contribution in [0.2, 0.25) is 18.6 Å². The molecule has 0 aromatic rings. The first-order valence-electron chi connectivity index (χ1n) is 13.3. The minimum Gasteiger partial charge on any atom is -0.411 e. The number of nitrogens with zero attached hydrogens (tertiary/aromatic N) is 1. The standard InChI is InChI=1S/C26H58NOSi/c1-7-9-11-13-15-17-19-21-25-29(6,28-24-23-27(3,4)5)26-22-20-18-16-14-12-10-8-2/h7-26H2,1-6H3/q+1. The third-order valence-corrected chi connectivity index (χ3v) is 10.1. The maximum Gasteiger partial charge on any atom is 0.190 e. The molecular formula is C26H58NOSi+. The van der Waals surface area contributed by atoms with Crippen molar-refractivity contribution in [3.63, 3.8) is 0 Å². The van der Waals surface area contributed by atoms with Crippen LogP contribution in [0.4, 0.5) is 0 Å². The van der Waals surface area contributed by atoms with Crippen molar-refractivity contribution in [1.82, 2.24) is 0 Å². The lowest BCUT2D eigenvalue weighted by Gasteiger charge is -2.30. The van der Waals surface area contributed by atoms with E-state index in [0.29, 0.717) is 0 Å². The van der Waals surface area contributed by atoms with Gasteiger partial charge in [0.2, 0.25) is 0 Å². The third kappa shape index (κ3) is 21.2. The fourth-order valence-electron chi connectivity index (χ4n) is 4.10. The second-order valence-electron chi connectivity index (χ2n) is 10.8. The molecule has 0 aliphatic rings. The summed E-state index contributed by atoms with van der Waals surface area (Å²) in [7, 11) is 5.31. The molecule has 0 atom stereocenters. The molecule has 0 N–H and O–H groups in total. The Morgan fingerprint density at radius 3 is 1.24 bits per heavy atom. The van der Waals surface area contributed by atoms with Gasteiger partial charge < -0.3 is 8.91 Å². The molecule has 0 amide bonds. The maximum atomic E-state index is 6.65. The van der Waals surface area contributed by atoms with Gasteiger partial charge in [0.25, 0.3) is 0 Å². The first kappa shape index (κ1) is 29.1. The van der Waals surface area contributed by atoms with Crippen LogP contribution in [0.5, 0.6) is 0 Å². The van der Waals surface area contributed by atoms with Gasteiger partial charge in [-0.15, -0.1) is 0 Å². The highest BCUT2D eigenvalue weighted by molar-refractivity contribution is 6.72. The Labute approximate surface area is 186 Å². The minimum absolute atomic E-state index is 0.959. The second kappa shape index (κ2) is 18.9. The molecule has 3 heteroatoms. The summed E-state index contributed by atoms with van der Waals surface area (Å²) < 4.78 is 7.66. The Morgan fingerprint density at radius 2 is 0.897 bits per heavy atom. The summed E-state index contributed by atoms with van der Waals surface area (Å²) >= 11 is 0. The molecule has 0 aliphatic carbocycles. The van der Waals surface area contributed by atoms with E-state index in [4.69, 9.17) is 4.43 Å². The average molecular weight is 429 g/mol. The summed E-state index contributed by atoms with van der Waals surface area (Å²) in [6.45, 7) is 9.23. The predicted molar refractivity (Wildman–Crippen MR) is 135 cm³/mol. The van der Waals surface area contributed by atoms with E-state index >= 15 is 0 Å². The monoisotopic (exact) mass is 428 g/mol. The minimum atomic E-state index is -1.52. The van der Waals surface area contributed by atoms with Crippen molar-refractivity contribution in [2.75, 3.05) is 34.3 Å². The van der Waals surface area contributed by atoms with Gasteiger partial charge in [-0.1, -0.05) is 117 Å². The number of rotatable bonds is 22. The van der Waals surface area contributed by atoms with E-state index in [9.17, 15) is 0 Å². The van der Waals surface area contributed by atoms with Crippen molar-refractivity contribution in [2.45, 2.75) is 135 Å². The van der Waals surface area contributed by atoms with Gasteiger partial charge in [0, 0.05) is 0 Å². The fourth-order valence-corrected chi connectivity index (χ4v) is 7.22. The fraction of sp³-hybridized carbons (Fsp3) is 1.00. The number of unbranched alkanes of at least 4 members (excludes halogenated alkanes) is 14. The van der Waals surface area contributed by atoms with Crippen LogP contribution in [-0.4, -0.2) is 47.1 Å². The van der Waals surface area contributed by atoms with E-state index in [0.717, 1.165) is 17.6 Å². The lowest BCUT2D eigenvalue weighted by Crippen LogP contribution is -2.42. The highest BCUT2D eigenvalue weighted by atomic mass is 28.4. The Morgan fingerprint density at radius 1 is 0.552 bits per heavy atom. The van der Waals surface area contributed by atoms with Crippen molar-refractivity contribution in [3.8, 4) is 0 Å². The topological polar surface area (TPSA) is 9.23 Å². The van der Waals surface area contributed by atoms with Gasteiger partial charge in [-0.25, -0.2) is 0 Å². The summed E-state index contributed by atoms with van der Waals surface area (Å²) in [4.78, 5) is 0. The van der Waals surface area contributed by atoms with E-state index < -0.39 is 8.32 Å². The zero-order chi connectivity index (χ0) is 21.8. The summed E-state index contributed by atoms with van der Waals surface area (Å²) in [5.41, 5.74) is 0. The Bertz CT molecular complexity index is 320. The largest absolute Gasteiger partial charge is 0.411 e. The zero-order valence-electron chi connectivity index (χ0n) is 21.5. The first-order chi connectivity index (χ1) is 13.8.